The summed E-state index contributed by atoms with van der Waals surface area (Å²) in [4.78, 5) is 28.7. The molecule has 0 saturated carbocycles. The maximum atomic E-state index is 14.0. The molecule has 2 heterocycles. The Morgan fingerprint density at radius 3 is 2.65 bits per heavy atom. The molecule has 0 atom stereocenters. The number of rotatable bonds is 5. The fraction of sp³-hybridized carbons (Fsp3) is 0.100. The fourth-order valence-electron chi connectivity index (χ4n) is 2.81. The van der Waals surface area contributed by atoms with Crippen LogP contribution in [0.1, 0.15) is 5.69 Å². The topological polar surface area (TPSA) is 88.4 Å². The number of amides is 2. The van der Waals surface area contributed by atoms with Crippen molar-refractivity contribution in [1.29, 1.82) is 0 Å². The molecule has 2 aromatic carbocycles. The van der Waals surface area contributed by atoms with Gasteiger partial charge in [0, 0.05) is 24.4 Å². The van der Waals surface area contributed by atoms with Gasteiger partial charge in [0.15, 0.2) is 5.82 Å². The molecule has 4 rings (SSSR count). The number of fused-ring (bicyclic) bond motifs is 1. The monoisotopic (exact) mass is 445 g/mol. The summed E-state index contributed by atoms with van der Waals surface area (Å²) in [5.41, 5.74) is 0.550. The molecule has 158 valence electrons. The van der Waals surface area contributed by atoms with Crippen molar-refractivity contribution in [2.75, 3.05) is 11.9 Å². The SMILES string of the molecule is O=C(NCCc1csc2nc(-c3ccccc3F)nn12)C(=O)Nc1cc(F)ccc1F. The lowest BCUT2D eigenvalue weighted by Gasteiger charge is -2.07. The molecule has 0 aliphatic heterocycles. The number of carbonyl (C=O) groups is 2. The maximum Gasteiger partial charge on any atom is 0.313 e. The minimum Gasteiger partial charge on any atom is -0.347 e. The highest BCUT2D eigenvalue weighted by Crippen LogP contribution is 2.23. The average Bonchev–Trinajstić information content (AvgIpc) is 3.32. The Bertz CT molecular complexity index is 1290. The Morgan fingerprint density at radius 1 is 1.03 bits per heavy atom. The summed E-state index contributed by atoms with van der Waals surface area (Å²) in [5, 5.41) is 10.5. The van der Waals surface area contributed by atoms with E-state index in [0.717, 1.165) is 18.2 Å². The normalized spacial score (nSPS) is 10.9. The molecule has 0 unspecified atom stereocenters. The van der Waals surface area contributed by atoms with E-state index < -0.39 is 35.0 Å². The molecule has 0 aliphatic rings. The second-order valence-electron chi connectivity index (χ2n) is 6.42. The Hall–Kier alpha value is -3.73. The third kappa shape index (κ3) is 4.40. The van der Waals surface area contributed by atoms with Crippen molar-refractivity contribution in [3.8, 4) is 11.4 Å². The van der Waals surface area contributed by atoms with Crippen molar-refractivity contribution in [3.05, 3.63) is 71.0 Å². The van der Waals surface area contributed by atoms with Crippen molar-refractivity contribution < 1.29 is 22.8 Å². The number of thiazole rings is 1. The van der Waals surface area contributed by atoms with E-state index in [1.807, 2.05) is 5.32 Å². The number of anilines is 1. The van der Waals surface area contributed by atoms with E-state index in [2.05, 4.69) is 15.4 Å². The van der Waals surface area contributed by atoms with Crippen LogP contribution < -0.4 is 10.6 Å². The third-order valence-corrected chi connectivity index (χ3v) is 5.18. The van der Waals surface area contributed by atoms with Crippen LogP contribution in [0.25, 0.3) is 16.3 Å². The molecule has 11 heteroatoms. The molecule has 7 nitrogen and oxygen atoms in total. The number of hydrogen-bond acceptors (Lipinski definition) is 5. The second-order valence-corrected chi connectivity index (χ2v) is 7.26. The van der Waals surface area contributed by atoms with Crippen LogP contribution in [-0.4, -0.2) is 33.0 Å². The van der Waals surface area contributed by atoms with Gasteiger partial charge in [-0.2, -0.15) is 4.98 Å². The molecule has 0 fully saturated rings. The molecule has 0 spiro atoms. The summed E-state index contributed by atoms with van der Waals surface area (Å²) < 4.78 is 42.3. The number of aromatic nitrogens is 3. The molecule has 2 amide bonds. The minimum absolute atomic E-state index is 0.0820. The first kappa shape index (κ1) is 20.5. The molecule has 0 saturated heterocycles. The predicted molar refractivity (Wildman–Crippen MR) is 108 cm³/mol. The van der Waals surface area contributed by atoms with Crippen LogP contribution in [0.4, 0.5) is 18.9 Å². The molecule has 4 aromatic rings. The van der Waals surface area contributed by atoms with Gasteiger partial charge in [-0.05, 0) is 24.3 Å². The van der Waals surface area contributed by atoms with Gasteiger partial charge in [0.25, 0.3) is 0 Å². The zero-order valence-electron chi connectivity index (χ0n) is 15.7. The van der Waals surface area contributed by atoms with Gasteiger partial charge in [-0.15, -0.1) is 16.4 Å². The van der Waals surface area contributed by atoms with Gasteiger partial charge in [-0.3, -0.25) is 9.59 Å². The number of carbonyl (C=O) groups excluding carboxylic acids is 2. The fourth-order valence-corrected chi connectivity index (χ4v) is 3.67. The van der Waals surface area contributed by atoms with Gasteiger partial charge in [0.2, 0.25) is 4.96 Å². The maximum absolute atomic E-state index is 14.0. The lowest BCUT2D eigenvalue weighted by atomic mass is 10.2. The zero-order chi connectivity index (χ0) is 22.0. The summed E-state index contributed by atoms with van der Waals surface area (Å²) in [5.74, 6) is -3.92. The van der Waals surface area contributed by atoms with Crippen LogP contribution in [0.2, 0.25) is 0 Å². The molecule has 0 bridgehead atoms. The molecule has 0 radical (unpaired) electrons. The van der Waals surface area contributed by atoms with Gasteiger partial charge in [0.05, 0.1) is 16.9 Å². The van der Waals surface area contributed by atoms with Crippen LogP contribution in [0.3, 0.4) is 0 Å². The smallest absolute Gasteiger partial charge is 0.313 e. The van der Waals surface area contributed by atoms with Crippen LogP contribution in [0.5, 0.6) is 0 Å². The van der Waals surface area contributed by atoms with Crippen LogP contribution in [-0.2, 0) is 16.0 Å². The highest BCUT2D eigenvalue weighted by Gasteiger charge is 2.17. The molecular weight excluding hydrogens is 431 g/mol. The highest BCUT2D eigenvalue weighted by atomic mass is 32.1. The molecule has 0 aliphatic carbocycles. The van der Waals surface area contributed by atoms with Gasteiger partial charge in [0.1, 0.15) is 17.5 Å². The summed E-state index contributed by atoms with van der Waals surface area (Å²) >= 11 is 1.30. The van der Waals surface area contributed by atoms with Crippen molar-refractivity contribution in [3.63, 3.8) is 0 Å². The third-order valence-electron chi connectivity index (χ3n) is 4.31. The lowest BCUT2D eigenvalue weighted by Crippen LogP contribution is -2.36. The quantitative estimate of drug-likeness (QED) is 0.462. The number of nitrogens with one attached hydrogen (secondary N) is 2. The van der Waals surface area contributed by atoms with Gasteiger partial charge >= 0.3 is 11.8 Å². The summed E-state index contributed by atoms with van der Waals surface area (Å²) in [7, 11) is 0. The Labute approximate surface area is 177 Å². The first-order valence-electron chi connectivity index (χ1n) is 9.04. The summed E-state index contributed by atoms with van der Waals surface area (Å²) in [6, 6.07) is 8.68. The predicted octanol–water partition coefficient (Wildman–Crippen LogP) is 3.17. The summed E-state index contributed by atoms with van der Waals surface area (Å²) in [6.07, 6.45) is 0.313. The van der Waals surface area contributed by atoms with Crippen molar-refractivity contribution in [1.82, 2.24) is 19.9 Å². The van der Waals surface area contributed by atoms with E-state index >= 15 is 0 Å². The average molecular weight is 445 g/mol. The van der Waals surface area contributed by atoms with Crippen LogP contribution in [0.15, 0.2) is 47.8 Å². The molecule has 2 aromatic heterocycles. The van der Waals surface area contributed by atoms with E-state index in [4.69, 9.17) is 0 Å². The Morgan fingerprint density at radius 2 is 1.84 bits per heavy atom. The second kappa shape index (κ2) is 8.56. The molecular formula is C20H14F3N5O2S. The van der Waals surface area contributed by atoms with E-state index in [0.29, 0.717) is 17.1 Å². The molecule has 2 N–H and O–H groups in total. The largest absolute Gasteiger partial charge is 0.347 e. The zero-order valence-corrected chi connectivity index (χ0v) is 16.5. The van der Waals surface area contributed by atoms with Crippen LogP contribution >= 0.6 is 11.3 Å². The van der Waals surface area contributed by atoms with E-state index in [-0.39, 0.29) is 17.9 Å². The summed E-state index contributed by atoms with van der Waals surface area (Å²) in [6.45, 7) is 0.0820. The lowest BCUT2D eigenvalue weighted by molar-refractivity contribution is -0.136. The number of hydrogen-bond donors (Lipinski definition) is 2. The van der Waals surface area contributed by atoms with Gasteiger partial charge in [-0.25, -0.2) is 17.7 Å². The molecule has 31 heavy (non-hydrogen) atoms. The van der Waals surface area contributed by atoms with E-state index in [1.54, 1.807) is 28.1 Å². The number of nitrogens with zero attached hydrogens (tertiary/aromatic N) is 3. The minimum atomic E-state index is -1.12. The first-order chi connectivity index (χ1) is 14.9. The first-order valence-corrected chi connectivity index (χ1v) is 9.92. The Kier molecular flexibility index (Phi) is 5.67. The van der Waals surface area contributed by atoms with Crippen molar-refractivity contribution >= 4 is 33.8 Å². The van der Waals surface area contributed by atoms with E-state index in [9.17, 15) is 22.8 Å². The number of benzene rings is 2. The van der Waals surface area contributed by atoms with Crippen LogP contribution in [0, 0.1) is 17.5 Å². The van der Waals surface area contributed by atoms with Gasteiger partial charge in [-0.1, -0.05) is 12.1 Å². The van der Waals surface area contributed by atoms with Crippen molar-refractivity contribution in [2.24, 2.45) is 0 Å². The van der Waals surface area contributed by atoms with Gasteiger partial charge < -0.3 is 10.6 Å². The number of halogens is 3. The van der Waals surface area contributed by atoms with E-state index in [1.165, 1.54) is 17.4 Å². The standard InChI is InChI=1S/C20H14F3N5O2S/c21-11-5-6-15(23)16(9-11)25-19(30)18(29)24-8-7-12-10-31-20-26-17(27-28(12)20)13-3-1-2-4-14(13)22/h1-6,9-10H,7-8H2,(H,24,29)(H,25,30). The van der Waals surface area contributed by atoms with Crippen molar-refractivity contribution in [2.45, 2.75) is 6.42 Å². The highest BCUT2D eigenvalue weighted by molar-refractivity contribution is 7.15. The Balaban J connectivity index is 1.38.